The zero-order valence-corrected chi connectivity index (χ0v) is 20.6. The highest BCUT2D eigenvalue weighted by atomic mass is 35.5. The molecule has 1 unspecified atom stereocenters. The number of benzene rings is 1. The van der Waals surface area contributed by atoms with Gasteiger partial charge in [0.05, 0.1) is 6.54 Å². The Labute approximate surface area is 201 Å². The van der Waals surface area contributed by atoms with Crippen LogP contribution in [0.5, 0.6) is 0 Å². The fourth-order valence-corrected chi connectivity index (χ4v) is 5.81. The van der Waals surface area contributed by atoms with Gasteiger partial charge in [-0.15, -0.1) is 11.8 Å². The van der Waals surface area contributed by atoms with Gasteiger partial charge in [0.1, 0.15) is 0 Å². The number of rotatable bonds is 7. The average molecular weight is 479 g/mol. The minimum atomic E-state index is 0.206. The molecule has 3 aliphatic rings. The van der Waals surface area contributed by atoms with Crippen LogP contribution in [0.1, 0.15) is 32.6 Å². The number of nitrogens with zero attached hydrogens (tertiary/aromatic N) is 4. The lowest BCUT2D eigenvalue weighted by Crippen LogP contribution is -2.56. The molecule has 0 N–H and O–H groups in total. The highest BCUT2D eigenvalue weighted by Crippen LogP contribution is 2.27. The van der Waals surface area contributed by atoms with Crippen molar-refractivity contribution in [1.82, 2.24) is 19.6 Å². The Kier molecular flexibility index (Phi) is 8.38. The van der Waals surface area contributed by atoms with Gasteiger partial charge < -0.3 is 9.80 Å². The summed E-state index contributed by atoms with van der Waals surface area (Å²) in [7, 11) is 0. The first-order chi connectivity index (χ1) is 15.5. The zero-order valence-electron chi connectivity index (χ0n) is 19.0. The predicted octanol–water partition coefficient (Wildman–Crippen LogP) is 3.05. The summed E-state index contributed by atoms with van der Waals surface area (Å²) < 4.78 is 0. The van der Waals surface area contributed by atoms with Gasteiger partial charge in [-0.1, -0.05) is 24.9 Å². The number of thioether (sulfide) groups is 1. The Morgan fingerprint density at radius 1 is 0.938 bits per heavy atom. The molecule has 1 aliphatic carbocycles. The van der Waals surface area contributed by atoms with Crippen LogP contribution in [-0.4, -0.2) is 102 Å². The van der Waals surface area contributed by atoms with Crippen LogP contribution in [0.15, 0.2) is 29.2 Å². The lowest BCUT2D eigenvalue weighted by atomic mass is 9.91. The molecular weight excluding hydrogens is 444 g/mol. The standard InChI is InChI=1S/C24H35ClN4O2S/c1-19(32-22-7-5-20(25)6-8-22)17-23(30)28-11-9-26(10-12-28)18-24(31)29-15-13-27(14-16-29)21-3-2-4-21/h5-8,19,21H,2-4,9-18H2,1H3. The quantitative estimate of drug-likeness (QED) is 0.564. The van der Waals surface area contributed by atoms with Crippen molar-refractivity contribution in [2.75, 3.05) is 58.9 Å². The minimum Gasteiger partial charge on any atom is -0.340 e. The van der Waals surface area contributed by atoms with Gasteiger partial charge in [0.25, 0.3) is 0 Å². The third-order valence-corrected chi connectivity index (χ3v) is 8.32. The molecule has 0 radical (unpaired) electrons. The van der Waals surface area contributed by atoms with Gasteiger partial charge in [0, 0.05) is 80.0 Å². The van der Waals surface area contributed by atoms with E-state index < -0.39 is 0 Å². The van der Waals surface area contributed by atoms with Crippen molar-refractivity contribution < 1.29 is 9.59 Å². The Balaban J connectivity index is 1.14. The maximum absolute atomic E-state index is 12.8. The van der Waals surface area contributed by atoms with E-state index in [1.165, 1.54) is 19.3 Å². The van der Waals surface area contributed by atoms with Gasteiger partial charge in [-0.05, 0) is 37.1 Å². The molecule has 0 spiro atoms. The minimum absolute atomic E-state index is 0.206. The molecule has 1 aromatic carbocycles. The first-order valence-corrected chi connectivity index (χ1v) is 13.2. The van der Waals surface area contributed by atoms with Gasteiger partial charge in [0.15, 0.2) is 0 Å². The van der Waals surface area contributed by atoms with E-state index in [0.29, 0.717) is 26.1 Å². The van der Waals surface area contributed by atoms with Crippen LogP contribution in [-0.2, 0) is 9.59 Å². The van der Waals surface area contributed by atoms with Gasteiger partial charge in [-0.25, -0.2) is 0 Å². The fraction of sp³-hybridized carbons (Fsp3) is 0.667. The summed E-state index contributed by atoms with van der Waals surface area (Å²) in [5.41, 5.74) is 0. The van der Waals surface area contributed by atoms with Crippen LogP contribution in [0.4, 0.5) is 0 Å². The third-order valence-electron chi connectivity index (χ3n) is 6.95. The van der Waals surface area contributed by atoms with Gasteiger partial charge in [-0.2, -0.15) is 0 Å². The molecule has 3 fully saturated rings. The normalized spacial score (nSPS) is 21.9. The highest BCUT2D eigenvalue weighted by Gasteiger charge is 2.30. The first kappa shape index (κ1) is 23.9. The van der Waals surface area contributed by atoms with Crippen molar-refractivity contribution in [1.29, 1.82) is 0 Å². The molecule has 32 heavy (non-hydrogen) atoms. The molecule has 1 atom stereocenters. The Hall–Kier alpha value is -1.28. The number of hydrogen-bond acceptors (Lipinski definition) is 5. The van der Waals surface area contributed by atoms with Crippen molar-refractivity contribution >= 4 is 35.2 Å². The Morgan fingerprint density at radius 3 is 2.12 bits per heavy atom. The second kappa shape index (κ2) is 11.2. The van der Waals surface area contributed by atoms with Crippen molar-refractivity contribution in [2.45, 2.75) is 48.8 Å². The molecule has 0 bridgehead atoms. The third kappa shape index (κ3) is 6.40. The van der Waals surface area contributed by atoms with E-state index in [1.807, 2.05) is 34.1 Å². The Morgan fingerprint density at radius 2 is 1.53 bits per heavy atom. The van der Waals surface area contributed by atoms with Crippen molar-refractivity contribution in [2.24, 2.45) is 0 Å². The summed E-state index contributed by atoms with van der Waals surface area (Å²) in [6, 6.07) is 8.53. The number of amides is 2. The van der Waals surface area contributed by atoms with Gasteiger partial charge in [-0.3, -0.25) is 19.4 Å². The van der Waals surface area contributed by atoms with Crippen LogP contribution >= 0.6 is 23.4 Å². The zero-order chi connectivity index (χ0) is 22.5. The van der Waals surface area contributed by atoms with Crippen LogP contribution in [0.25, 0.3) is 0 Å². The second-order valence-corrected chi connectivity index (χ2v) is 11.2. The van der Waals surface area contributed by atoms with E-state index >= 15 is 0 Å². The lowest BCUT2D eigenvalue weighted by molar-refractivity contribution is -0.136. The average Bonchev–Trinajstić information content (AvgIpc) is 2.75. The van der Waals surface area contributed by atoms with Crippen LogP contribution in [0.2, 0.25) is 5.02 Å². The van der Waals surface area contributed by atoms with E-state index in [9.17, 15) is 9.59 Å². The number of halogens is 1. The first-order valence-electron chi connectivity index (χ1n) is 11.9. The summed E-state index contributed by atoms with van der Waals surface area (Å²) in [6.07, 6.45) is 4.54. The number of hydrogen-bond donors (Lipinski definition) is 0. The molecule has 2 aliphatic heterocycles. The molecule has 2 saturated heterocycles. The number of carbonyl (C=O) groups is 2. The van der Waals surface area contributed by atoms with Crippen molar-refractivity contribution in [3.63, 3.8) is 0 Å². The molecule has 1 saturated carbocycles. The van der Waals surface area contributed by atoms with Crippen LogP contribution < -0.4 is 0 Å². The lowest BCUT2D eigenvalue weighted by Gasteiger charge is -2.43. The molecule has 4 rings (SSSR count). The molecule has 8 heteroatoms. The van der Waals surface area contributed by atoms with E-state index in [4.69, 9.17) is 11.6 Å². The monoisotopic (exact) mass is 478 g/mol. The van der Waals surface area contributed by atoms with E-state index in [0.717, 1.165) is 55.2 Å². The molecular formula is C24H35ClN4O2S. The molecule has 0 aromatic heterocycles. The summed E-state index contributed by atoms with van der Waals surface area (Å²) in [6.45, 7) is 9.30. The molecule has 2 amide bonds. The summed E-state index contributed by atoms with van der Waals surface area (Å²) in [5.74, 6) is 0.447. The van der Waals surface area contributed by atoms with Gasteiger partial charge in [0.2, 0.25) is 11.8 Å². The Bertz CT molecular complexity index is 773. The molecule has 176 valence electrons. The fourth-order valence-electron chi connectivity index (χ4n) is 4.70. The predicted molar refractivity (Wildman–Crippen MR) is 130 cm³/mol. The van der Waals surface area contributed by atoms with Crippen molar-refractivity contribution in [3.05, 3.63) is 29.3 Å². The van der Waals surface area contributed by atoms with E-state index in [1.54, 1.807) is 11.8 Å². The maximum Gasteiger partial charge on any atom is 0.236 e. The van der Waals surface area contributed by atoms with Crippen LogP contribution in [0.3, 0.4) is 0 Å². The van der Waals surface area contributed by atoms with Crippen LogP contribution in [0, 0.1) is 0 Å². The van der Waals surface area contributed by atoms with E-state index in [-0.39, 0.29) is 17.1 Å². The smallest absolute Gasteiger partial charge is 0.236 e. The van der Waals surface area contributed by atoms with E-state index in [2.05, 4.69) is 16.7 Å². The largest absolute Gasteiger partial charge is 0.340 e. The summed E-state index contributed by atoms with van der Waals surface area (Å²) >= 11 is 7.65. The molecule has 1 aromatic rings. The highest BCUT2D eigenvalue weighted by molar-refractivity contribution is 8.00. The van der Waals surface area contributed by atoms with Crippen molar-refractivity contribution in [3.8, 4) is 0 Å². The molecule has 2 heterocycles. The number of carbonyl (C=O) groups excluding carboxylic acids is 2. The maximum atomic E-state index is 12.8. The number of piperazine rings is 2. The summed E-state index contributed by atoms with van der Waals surface area (Å²) in [4.78, 5) is 35.4. The summed E-state index contributed by atoms with van der Waals surface area (Å²) in [5, 5.41) is 0.937. The second-order valence-electron chi connectivity index (χ2n) is 9.24. The van der Waals surface area contributed by atoms with Gasteiger partial charge >= 0.3 is 0 Å². The topological polar surface area (TPSA) is 47.1 Å². The molecule has 6 nitrogen and oxygen atoms in total. The SMILES string of the molecule is CC(CC(=O)N1CCN(CC(=O)N2CCN(C3CCC3)CC2)CC1)Sc1ccc(Cl)cc1.